The zero-order valence-corrected chi connectivity index (χ0v) is 10.3. The van der Waals surface area contributed by atoms with Gasteiger partial charge in [-0.2, -0.15) is 4.98 Å². The molecule has 1 aliphatic heterocycles. The van der Waals surface area contributed by atoms with Crippen LogP contribution in [0.15, 0.2) is 29.7 Å². The van der Waals surface area contributed by atoms with E-state index < -0.39 is 23.7 Å². The molecule has 0 aromatic carbocycles. The smallest absolute Gasteiger partial charge is 0.351 e. The molecular weight excluding hydrogens is 253 g/mol. The van der Waals surface area contributed by atoms with Gasteiger partial charge in [0.2, 0.25) is 0 Å². The topological polar surface area (TPSA) is 90.4 Å². The highest BCUT2D eigenvalue weighted by Gasteiger charge is 2.47. The van der Waals surface area contributed by atoms with Gasteiger partial charge in [0.1, 0.15) is 17.6 Å². The molecule has 0 spiro atoms. The largest absolute Gasteiger partial charge is 0.393 e. The van der Waals surface area contributed by atoms with Crippen molar-refractivity contribution in [2.24, 2.45) is 0 Å². The quantitative estimate of drug-likeness (QED) is 0.772. The van der Waals surface area contributed by atoms with Crippen molar-refractivity contribution in [1.82, 2.24) is 9.55 Å². The predicted octanol–water partition coefficient (Wildman–Crippen LogP) is 0.390. The zero-order chi connectivity index (χ0) is 14.0. The minimum Gasteiger partial charge on any atom is -0.393 e. The highest BCUT2D eigenvalue weighted by atomic mass is 19.1. The van der Waals surface area contributed by atoms with Crippen LogP contribution >= 0.6 is 0 Å². The van der Waals surface area contributed by atoms with E-state index in [0.717, 1.165) is 4.57 Å². The first kappa shape index (κ1) is 13.7. The Morgan fingerprint density at radius 1 is 1.79 bits per heavy atom. The molecule has 3 atom stereocenters. The second-order valence-corrected chi connectivity index (χ2v) is 4.60. The van der Waals surface area contributed by atoms with Gasteiger partial charge in [-0.05, 0) is 12.5 Å². The third kappa shape index (κ3) is 2.52. The van der Waals surface area contributed by atoms with E-state index in [9.17, 15) is 14.3 Å². The summed E-state index contributed by atoms with van der Waals surface area (Å²) in [7, 11) is 0. The molecule has 2 rings (SSSR count). The van der Waals surface area contributed by atoms with Crippen molar-refractivity contribution in [3.05, 3.63) is 35.4 Å². The number of nitrogen functional groups attached to an aromatic ring is 1. The average Bonchev–Trinajstić information content (AvgIpc) is 2.68. The van der Waals surface area contributed by atoms with Crippen molar-refractivity contribution >= 4 is 5.82 Å². The van der Waals surface area contributed by atoms with Gasteiger partial charge in [-0.1, -0.05) is 6.08 Å². The molecule has 2 heterocycles. The number of aliphatic hydroxyl groups excluding tert-OH is 1. The molecule has 1 fully saturated rings. The summed E-state index contributed by atoms with van der Waals surface area (Å²) in [5.74, 6) is 0.0640. The summed E-state index contributed by atoms with van der Waals surface area (Å²) >= 11 is 0. The normalized spacial score (nSPS) is 30.4. The third-order valence-corrected chi connectivity index (χ3v) is 3.18. The molecule has 0 amide bonds. The molecule has 104 valence electrons. The minimum atomic E-state index is -1.41. The zero-order valence-electron chi connectivity index (χ0n) is 10.3. The molecule has 1 aliphatic rings. The molecule has 3 N–H and O–H groups in total. The first-order valence-electron chi connectivity index (χ1n) is 5.90. The summed E-state index contributed by atoms with van der Waals surface area (Å²) in [6.07, 6.45) is 0.676. The molecule has 6 nitrogen and oxygen atoms in total. The molecule has 0 bridgehead atoms. The van der Waals surface area contributed by atoms with Gasteiger partial charge >= 0.3 is 5.69 Å². The van der Waals surface area contributed by atoms with Gasteiger partial charge in [-0.3, -0.25) is 4.57 Å². The molecule has 0 saturated carbocycles. The fourth-order valence-corrected chi connectivity index (χ4v) is 2.25. The van der Waals surface area contributed by atoms with Gasteiger partial charge in [0, 0.05) is 12.6 Å². The van der Waals surface area contributed by atoms with Gasteiger partial charge in [-0.15, -0.1) is 6.58 Å². The van der Waals surface area contributed by atoms with Crippen LogP contribution in [0.3, 0.4) is 0 Å². The molecule has 1 saturated heterocycles. The van der Waals surface area contributed by atoms with Crippen molar-refractivity contribution in [3.8, 4) is 0 Å². The first-order chi connectivity index (χ1) is 9.01. The number of nitrogens with zero attached hydrogens (tertiary/aromatic N) is 2. The number of aliphatic hydroxyl groups is 1. The lowest BCUT2D eigenvalue weighted by molar-refractivity contribution is -0.103. The van der Waals surface area contributed by atoms with Crippen LogP contribution in [0.5, 0.6) is 0 Å². The summed E-state index contributed by atoms with van der Waals surface area (Å²) in [5, 5.41) is 9.38. The van der Waals surface area contributed by atoms with Gasteiger partial charge in [-0.25, -0.2) is 9.18 Å². The monoisotopic (exact) mass is 269 g/mol. The van der Waals surface area contributed by atoms with E-state index in [1.165, 1.54) is 12.3 Å². The minimum absolute atomic E-state index is 0.00297. The van der Waals surface area contributed by atoms with Crippen LogP contribution in [0.1, 0.15) is 19.1 Å². The maximum atomic E-state index is 14.1. The number of aromatic nitrogens is 2. The van der Waals surface area contributed by atoms with Crippen LogP contribution in [0.2, 0.25) is 0 Å². The summed E-state index contributed by atoms with van der Waals surface area (Å²) in [5.41, 5.74) is 3.66. The highest BCUT2D eigenvalue weighted by molar-refractivity contribution is 5.23. The number of rotatable bonds is 4. The van der Waals surface area contributed by atoms with Crippen molar-refractivity contribution in [3.63, 3.8) is 0 Å². The highest BCUT2D eigenvalue weighted by Crippen LogP contribution is 2.40. The molecule has 1 aromatic rings. The van der Waals surface area contributed by atoms with E-state index in [1.54, 1.807) is 6.08 Å². The van der Waals surface area contributed by atoms with Crippen LogP contribution < -0.4 is 11.4 Å². The standard InChI is InChI=1S/C12H16FN3O3/c1-2-4-12(7-17)6-8(13)10(19-12)16-5-3-9(14)15-11(16)18/h2-3,5,8,10,17H,1,4,6-7H2,(H2,14,15,18)/t8-,10+,12-/m0/s1. The van der Waals surface area contributed by atoms with Crippen molar-refractivity contribution in [2.75, 3.05) is 12.3 Å². The lowest BCUT2D eigenvalue weighted by Crippen LogP contribution is -2.34. The van der Waals surface area contributed by atoms with Crippen LogP contribution in [0.4, 0.5) is 10.2 Å². The summed E-state index contributed by atoms with van der Waals surface area (Å²) in [4.78, 5) is 15.2. The average molecular weight is 269 g/mol. The number of halogens is 1. The number of alkyl halides is 1. The van der Waals surface area contributed by atoms with Crippen LogP contribution in [-0.2, 0) is 4.74 Å². The number of hydrogen-bond acceptors (Lipinski definition) is 5. The molecule has 19 heavy (non-hydrogen) atoms. The first-order valence-corrected chi connectivity index (χ1v) is 5.90. The lowest BCUT2D eigenvalue weighted by Gasteiger charge is -2.25. The Morgan fingerprint density at radius 2 is 2.53 bits per heavy atom. The SMILES string of the molecule is C=CC[C@@]1(CO)C[C@H](F)[C@H](n2ccc(N)nc2=O)O1. The van der Waals surface area contributed by atoms with E-state index in [1.807, 2.05) is 0 Å². The van der Waals surface area contributed by atoms with Crippen molar-refractivity contribution in [2.45, 2.75) is 30.8 Å². The predicted molar refractivity (Wildman–Crippen MR) is 67.2 cm³/mol. The van der Waals surface area contributed by atoms with Crippen molar-refractivity contribution in [1.29, 1.82) is 0 Å². The van der Waals surface area contributed by atoms with E-state index in [4.69, 9.17) is 10.5 Å². The maximum Gasteiger partial charge on any atom is 0.351 e. The van der Waals surface area contributed by atoms with Gasteiger partial charge in [0.25, 0.3) is 0 Å². The Morgan fingerprint density at radius 3 is 3.11 bits per heavy atom. The van der Waals surface area contributed by atoms with E-state index in [-0.39, 0.29) is 18.8 Å². The number of ether oxygens (including phenoxy) is 1. The van der Waals surface area contributed by atoms with Crippen LogP contribution in [0, 0.1) is 0 Å². The number of hydrogen-bond donors (Lipinski definition) is 2. The molecular formula is C12H16FN3O3. The van der Waals surface area contributed by atoms with E-state index >= 15 is 0 Å². The van der Waals surface area contributed by atoms with Gasteiger partial charge in [0.15, 0.2) is 6.23 Å². The molecule has 0 aliphatic carbocycles. The molecule has 7 heteroatoms. The fraction of sp³-hybridized carbons (Fsp3) is 0.500. The van der Waals surface area contributed by atoms with Crippen molar-refractivity contribution < 1.29 is 14.2 Å². The molecule has 0 unspecified atom stereocenters. The lowest BCUT2D eigenvalue weighted by atomic mass is 9.96. The van der Waals surface area contributed by atoms with Crippen LogP contribution in [0.25, 0.3) is 0 Å². The van der Waals surface area contributed by atoms with E-state index in [2.05, 4.69) is 11.6 Å². The Bertz CT molecular complexity index is 533. The second kappa shape index (κ2) is 5.10. The third-order valence-electron chi connectivity index (χ3n) is 3.18. The van der Waals surface area contributed by atoms with Gasteiger partial charge in [0.05, 0.1) is 6.61 Å². The number of nitrogens with two attached hydrogens (primary N) is 1. The Hall–Kier alpha value is -1.73. The fourth-order valence-electron chi connectivity index (χ4n) is 2.25. The van der Waals surface area contributed by atoms with Crippen LogP contribution in [-0.4, -0.2) is 33.0 Å². The Kier molecular flexibility index (Phi) is 3.68. The summed E-state index contributed by atoms with van der Waals surface area (Å²) in [6.45, 7) is 3.22. The number of anilines is 1. The Balaban J connectivity index is 2.31. The summed E-state index contributed by atoms with van der Waals surface area (Å²) < 4.78 is 20.7. The van der Waals surface area contributed by atoms with E-state index in [0.29, 0.717) is 6.42 Å². The molecule has 0 radical (unpaired) electrons. The Labute approximate surface area is 109 Å². The van der Waals surface area contributed by atoms with Gasteiger partial charge < -0.3 is 15.6 Å². The maximum absolute atomic E-state index is 14.1. The summed E-state index contributed by atoms with van der Waals surface area (Å²) in [6, 6.07) is 1.39. The molecule has 1 aromatic heterocycles. The second-order valence-electron chi connectivity index (χ2n) is 4.60.